The van der Waals surface area contributed by atoms with Crippen molar-refractivity contribution in [2.24, 2.45) is 28.6 Å². The number of Topliss-reactive ketones (excluding diaryl/α,β-unsaturated/α-hetero) is 1. The van der Waals surface area contributed by atoms with Gasteiger partial charge in [0, 0.05) is 22.8 Å². The number of rotatable bonds is 2. The standard InChI is InChI=1S/C23H30O7/c1-20(2)8-23(28)19-18(30-19)15(26)12-11-9(13(24)16-17(29-16)14(11)25)7-10(20)22(12,23)6-5-21(3,4)27/h5-7,10-12,14-19,25-28H,8H2,1-4H3/b6-5+. The average Bonchev–Trinajstić information content (AvgIpc) is 3.51. The molecule has 5 fully saturated rings. The summed E-state index contributed by atoms with van der Waals surface area (Å²) in [6.45, 7) is 7.44. The summed E-state index contributed by atoms with van der Waals surface area (Å²) >= 11 is 0. The van der Waals surface area contributed by atoms with Gasteiger partial charge in [-0.05, 0) is 31.6 Å². The number of aliphatic hydroxyl groups is 4. The molecule has 11 atom stereocenters. The molecule has 2 heterocycles. The molecule has 0 spiro atoms. The smallest absolute Gasteiger partial charge is 0.190 e. The molecule has 2 aliphatic heterocycles. The number of hydrogen-bond acceptors (Lipinski definition) is 7. The summed E-state index contributed by atoms with van der Waals surface area (Å²) < 4.78 is 11.3. The molecule has 0 aromatic carbocycles. The van der Waals surface area contributed by atoms with Gasteiger partial charge in [0.25, 0.3) is 0 Å². The van der Waals surface area contributed by atoms with Crippen molar-refractivity contribution in [3.63, 3.8) is 0 Å². The third-order valence-electron chi connectivity index (χ3n) is 8.72. The highest BCUT2D eigenvalue weighted by Crippen LogP contribution is 2.75. The molecule has 7 heteroatoms. The molecule has 3 saturated carbocycles. The highest BCUT2D eigenvalue weighted by Gasteiger charge is 2.83. The number of carbonyl (C=O) groups excluding carboxylic acids is 1. The molecule has 4 aliphatic carbocycles. The number of carbonyl (C=O) groups is 1. The number of ether oxygens (including phenoxy) is 2. The van der Waals surface area contributed by atoms with E-state index in [1.807, 2.05) is 12.2 Å². The number of hydrogen-bond donors (Lipinski definition) is 4. The molecule has 2 saturated heterocycles. The number of aliphatic hydroxyl groups excluding tert-OH is 2. The van der Waals surface area contributed by atoms with Crippen molar-refractivity contribution in [2.45, 2.75) is 81.9 Å². The maximum atomic E-state index is 13.1. The summed E-state index contributed by atoms with van der Waals surface area (Å²) in [5.41, 5.74) is -3.25. The lowest BCUT2D eigenvalue weighted by Crippen LogP contribution is -2.67. The van der Waals surface area contributed by atoms with E-state index < -0.39 is 65.1 Å². The zero-order valence-electron chi connectivity index (χ0n) is 17.6. The molecule has 0 amide bonds. The highest BCUT2D eigenvalue weighted by molar-refractivity contribution is 6.03. The first-order valence-electron chi connectivity index (χ1n) is 10.9. The first kappa shape index (κ1) is 19.6. The van der Waals surface area contributed by atoms with Crippen molar-refractivity contribution >= 4 is 5.78 Å². The van der Waals surface area contributed by atoms with Crippen LogP contribution >= 0.6 is 0 Å². The molecule has 0 aromatic heterocycles. The van der Waals surface area contributed by atoms with Gasteiger partial charge >= 0.3 is 0 Å². The van der Waals surface area contributed by atoms with Gasteiger partial charge in [-0.1, -0.05) is 32.1 Å². The van der Waals surface area contributed by atoms with Crippen LogP contribution in [0.25, 0.3) is 0 Å². The van der Waals surface area contributed by atoms with E-state index in [-0.39, 0.29) is 17.1 Å². The number of allylic oxidation sites excluding steroid dienone is 1. The van der Waals surface area contributed by atoms with Gasteiger partial charge in [0.2, 0.25) is 0 Å². The average molecular weight is 418 g/mol. The van der Waals surface area contributed by atoms with Crippen LogP contribution in [0.3, 0.4) is 0 Å². The first-order chi connectivity index (χ1) is 13.8. The van der Waals surface area contributed by atoms with Gasteiger partial charge in [0.15, 0.2) is 5.78 Å². The quantitative estimate of drug-likeness (QED) is 0.371. The van der Waals surface area contributed by atoms with Crippen molar-refractivity contribution < 1.29 is 34.7 Å². The van der Waals surface area contributed by atoms with Gasteiger partial charge in [0.05, 0.1) is 17.8 Å². The van der Waals surface area contributed by atoms with E-state index in [1.165, 1.54) is 0 Å². The van der Waals surface area contributed by atoms with Crippen molar-refractivity contribution in [3.05, 3.63) is 23.8 Å². The van der Waals surface area contributed by atoms with Gasteiger partial charge in [-0.2, -0.15) is 0 Å². The molecule has 0 aromatic rings. The van der Waals surface area contributed by atoms with E-state index in [0.29, 0.717) is 12.0 Å². The SMILES string of the molecule is CC(C)(O)/C=C/C12C3C(O)C4OC4C1(O)CC(C)(C)C2C=C1C(=O)C2OC2C(O)C13. The third kappa shape index (κ3) is 2.09. The molecule has 164 valence electrons. The Balaban J connectivity index is 1.63. The predicted octanol–water partition coefficient (Wildman–Crippen LogP) is 0.102. The fraction of sp³-hybridized carbons (Fsp3) is 0.783. The highest BCUT2D eigenvalue weighted by atomic mass is 16.6. The van der Waals surface area contributed by atoms with Crippen LogP contribution in [-0.2, 0) is 14.3 Å². The first-order valence-corrected chi connectivity index (χ1v) is 10.9. The maximum absolute atomic E-state index is 13.1. The summed E-state index contributed by atoms with van der Waals surface area (Å²) in [4.78, 5) is 13.1. The Bertz CT molecular complexity index is 900. The summed E-state index contributed by atoms with van der Waals surface area (Å²) in [6, 6.07) is 0. The summed E-state index contributed by atoms with van der Waals surface area (Å²) in [5.74, 6) is -1.66. The second-order valence-corrected chi connectivity index (χ2v) is 11.5. The zero-order chi connectivity index (χ0) is 21.6. The van der Waals surface area contributed by atoms with Gasteiger partial charge in [-0.3, -0.25) is 4.79 Å². The van der Waals surface area contributed by atoms with Crippen LogP contribution < -0.4 is 0 Å². The lowest BCUT2D eigenvalue weighted by atomic mass is 9.46. The van der Waals surface area contributed by atoms with E-state index >= 15 is 0 Å². The normalized spacial score (nSPS) is 57.3. The zero-order valence-corrected chi connectivity index (χ0v) is 17.6. The molecule has 30 heavy (non-hydrogen) atoms. The minimum absolute atomic E-state index is 0.118. The monoisotopic (exact) mass is 418 g/mol. The molecule has 6 aliphatic rings. The van der Waals surface area contributed by atoms with E-state index in [4.69, 9.17) is 9.47 Å². The molecule has 0 bridgehead atoms. The van der Waals surface area contributed by atoms with Crippen LogP contribution in [0.1, 0.15) is 34.1 Å². The second-order valence-electron chi connectivity index (χ2n) is 11.5. The fourth-order valence-corrected chi connectivity index (χ4v) is 7.64. The van der Waals surface area contributed by atoms with Crippen LogP contribution in [-0.4, -0.2) is 74.0 Å². The summed E-state index contributed by atoms with van der Waals surface area (Å²) in [7, 11) is 0. The molecule has 4 N–H and O–H groups in total. The van der Waals surface area contributed by atoms with Gasteiger partial charge in [-0.15, -0.1) is 0 Å². The van der Waals surface area contributed by atoms with Crippen molar-refractivity contribution in [1.29, 1.82) is 0 Å². The van der Waals surface area contributed by atoms with Crippen LogP contribution in [0, 0.1) is 28.6 Å². The fourth-order valence-electron chi connectivity index (χ4n) is 7.64. The largest absolute Gasteiger partial charge is 0.390 e. The number of epoxide rings is 2. The van der Waals surface area contributed by atoms with E-state index in [9.17, 15) is 25.2 Å². The van der Waals surface area contributed by atoms with E-state index in [2.05, 4.69) is 13.8 Å². The lowest BCUT2D eigenvalue weighted by Gasteiger charge is -2.58. The van der Waals surface area contributed by atoms with Crippen molar-refractivity contribution in [2.75, 3.05) is 0 Å². The number of ketones is 1. The minimum Gasteiger partial charge on any atom is -0.390 e. The maximum Gasteiger partial charge on any atom is 0.190 e. The Morgan fingerprint density at radius 1 is 1.17 bits per heavy atom. The molecular formula is C23H30O7. The van der Waals surface area contributed by atoms with Gasteiger partial charge in [-0.25, -0.2) is 0 Å². The molecule has 0 radical (unpaired) electrons. The van der Waals surface area contributed by atoms with E-state index in [1.54, 1.807) is 19.9 Å². The summed E-state index contributed by atoms with van der Waals surface area (Å²) in [6.07, 6.45) is 1.83. The van der Waals surface area contributed by atoms with Crippen LogP contribution in [0.5, 0.6) is 0 Å². The topological polar surface area (TPSA) is 123 Å². The Morgan fingerprint density at radius 3 is 2.53 bits per heavy atom. The molecule has 6 rings (SSSR count). The van der Waals surface area contributed by atoms with Crippen LogP contribution in [0.2, 0.25) is 0 Å². The lowest BCUT2D eigenvalue weighted by molar-refractivity contribution is -0.163. The van der Waals surface area contributed by atoms with Gasteiger partial charge < -0.3 is 29.9 Å². The minimum atomic E-state index is -1.27. The Hall–Kier alpha value is -1.09. The van der Waals surface area contributed by atoms with Gasteiger partial charge in [0.1, 0.15) is 30.0 Å². The molecular weight excluding hydrogens is 388 g/mol. The Morgan fingerprint density at radius 2 is 1.87 bits per heavy atom. The molecule has 11 unspecified atom stereocenters. The van der Waals surface area contributed by atoms with Crippen LogP contribution in [0.4, 0.5) is 0 Å². The Labute approximate surface area is 175 Å². The van der Waals surface area contributed by atoms with Crippen molar-refractivity contribution in [3.8, 4) is 0 Å². The number of fused-ring (bicyclic) bond motifs is 5. The second kappa shape index (κ2) is 5.27. The summed E-state index contributed by atoms with van der Waals surface area (Å²) in [5, 5.41) is 45.1. The Kier molecular flexibility index (Phi) is 3.44. The predicted molar refractivity (Wildman–Crippen MR) is 104 cm³/mol. The van der Waals surface area contributed by atoms with Crippen molar-refractivity contribution in [1.82, 2.24) is 0 Å². The van der Waals surface area contributed by atoms with Crippen LogP contribution in [0.15, 0.2) is 23.8 Å². The third-order valence-corrected chi connectivity index (χ3v) is 8.72. The van der Waals surface area contributed by atoms with E-state index in [0.717, 1.165) is 0 Å². The molecule has 7 nitrogen and oxygen atoms in total.